The molecule has 3 nitrogen and oxygen atoms in total. The maximum absolute atomic E-state index is 6.23. The minimum absolute atomic E-state index is 0.220. The molecule has 0 bridgehead atoms. The van der Waals surface area contributed by atoms with Gasteiger partial charge in [0.1, 0.15) is 11.9 Å². The van der Waals surface area contributed by atoms with Gasteiger partial charge in [0.15, 0.2) is 0 Å². The monoisotopic (exact) mass is 293 g/mol. The highest BCUT2D eigenvalue weighted by Crippen LogP contribution is 2.29. The molecule has 120 valence electrons. The third kappa shape index (κ3) is 6.49. The van der Waals surface area contributed by atoms with Gasteiger partial charge in [-0.1, -0.05) is 39.0 Å². The molecule has 2 unspecified atom stereocenters. The standard InChI is InChI=1S/C18H31NO2/c1-5-15(3)17-10-7-8-11-18(17)21-16(6-2)14-19-12-9-13-20-4/h7-8,10-11,15-16,19H,5-6,9,12-14H2,1-4H3. The maximum Gasteiger partial charge on any atom is 0.123 e. The van der Waals surface area contributed by atoms with Gasteiger partial charge in [0, 0.05) is 20.3 Å². The van der Waals surface area contributed by atoms with Gasteiger partial charge in [0.25, 0.3) is 0 Å². The highest BCUT2D eigenvalue weighted by molar-refractivity contribution is 5.36. The maximum atomic E-state index is 6.23. The van der Waals surface area contributed by atoms with Crippen molar-refractivity contribution in [2.24, 2.45) is 0 Å². The summed E-state index contributed by atoms with van der Waals surface area (Å²) in [4.78, 5) is 0. The molecule has 1 rings (SSSR count). The third-order valence-corrected chi connectivity index (χ3v) is 3.89. The number of hydrogen-bond acceptors (Lipinski definition) is 3. The molecule has 1 aromatic rings. The fourth-order valence-corrected chi connectivity index (χ4v) is 2.27. The van der Waals surface area contributed by atoms with Crippen LogP contribution < -0.4 is 10.1 Å². The second-order valence-electron chi connectivity index (χ2n) is 5.55. The minimum Gasteiger partial charge on any atom is -0.489 e. The molecule has 0 amide bonds. The Labute approximate surface area is 130 Å². The predicted octanol–water partition coefficient (Wildman–Crippen LogP) is 3.98. The van der Waals surface area contributed by atoms with Crippen molar-refractivity contribution in [3.63, 3.8) is 0 Å². The van der Waals surface area contributed by atoms with Crippen LogP contribution in [0.2, 0.25) is 0 Å². The van der Waals surface area contributed by atoms with Crippen molar-refractivity contribution in [2.45, 2.75) is 52.1 Å². The normalized spacial score (nSPS) is 13.9. The summed E-state index contributed by atoms with van der Waals surface area (Å²) in [5.41, 5.74) is 1.32. The third-order valence-electron chi connectivity index (χ3n) is 3.89. The number of rotatable bonds is 11. The van der Waals surface area contributed by atoms with E-state index in [0.29, 0.717) is 5.92 Å². The predicted molar refractivity (Wildman–Crippen MR) is 89.2 cm³/mol. The van der Waals surface area contributed by atoms with Gasteiger partial charge in [-0.05, 0) is 43.4 Å². The lowest BCUT2D eigenvalue weighted by molar-refractivity contribution is 0.179. The molecule has 0 aliphatic rings. The van der Waals surface area contributed by atoms with Crippen molar-refractivity contribution in [1.82, 2.24) is 5.32 Å². The largest absolute Gasteiger partial charge is 0.489 e. The summed E-state index contributed by atoms with van der Waals surface area (Å²) >= 11 is 0. The van der Waals surface area contributed by atoms with Crippen LogP contribution in [0.5, 0.6) is 5.75 Å². The van der Waals surface area contributed by atoms with Crippen LogP contribution in [0.25, 0.3) is 0 Å². The first-order valence-corrected chi connectivity index (χ1v) is 8.18. The summed E-state index contributed by atoms with van der Waals surface area (Å²) in [7, 11) is 1.74. The van der Waals surface area contributed by atoms with Gasteiger partial charge in [-0.25, -0.2) is 0 Å². The highest BCUT2D eigenvalue weighted by Gasteiger charge is 2.13. The highest BCUT2D eigenvalue weighted by atomic mass is 16.5. The SMILES string of the molecule is CCC(CNCCCOC)Oc1ccccc1C(C)CC. The summed E-state index contributed by atoms with van der Waals surface area (Å²) in [6.07, 6.45) is 3.40. The molecule has 0 heterocycles. The van der Waals surface area contributed by atoms with Gasteiger partial charge >= 0.3 is 0 Å². The average Bonchev–Trinajstić information content (AvgIpc) is 2.53. The van der Waals surface area contributed by atoms with Crippen LogP contribution in [0.4, 0.5) is 0 Å². The molecule has 1 aromatic carbocycles. The van der Waals surface area contributed by atoms with Crippen molar-refractivity contribution >= 4 is 0 Å². The van der Waals surface area contributed by atoms with Crippen molar-refractivity contribution in [3.05, 3.63) is 29.8 Å². The van der Waals surface area contributed by atoms with E-state index in [-0.39, 0.29) is 6.10 Å². The van der Waals surface area contributed by atoms with Crippen LogP contribution in [0, 0.1) is 0 Å². The van der Waals surface area contributed by atoms with Gasteiger partial charge in [-0.2, -0.15) is 0 Å². The van der Waals surface area contributed by atoms with Gasteiger partial charge < -0.3 is 14.8 Å². The Bertz CT molecular complexity index is 381. The van der Waals surface area contributed by atoms with E-state index in [4.69, 9.17) is 9.47 Å². The average molecular weight is 293 g/mol. The lowest BCUT2D eigenvalue weighted by Gasteiger charge is -2.22. The van der Waals surface area contributed by atoms with Gasteiger partial charge in [-0.15, -0.1) is 0 Å². The smallest absolute Gasteiger partial charge is 0.123 e. The number of nitrogens with one attached hydrogen (secondary N) is 1. The summed E-state index contributed by atoms with van der Waals surface area (Å²) < 4.78 is 11.3. The molecule has 0 spiro atoms. The molecule has 3 heteroatoms. The van der Waals surface area contributed by atoms with Crippen molar-refractivity contribution in [2.75, 3.05) is 26.8 Å². The Hall–Kier alpha value is -1.06. The Kier molecular flexibility index (Phi) is 9.11. The van der Waals surface area contributed by atoms with E-state index in [0.717, 1.165) is 44.7 Å². The molecule has 0 aromatic heterocycles. The van der Waals surface area contributed by atoms with E-state index in [1.807, 2.05) is 0 Å². The van der Waals surface area contributed by atoms with Crippen LogP contribution in [0.1, 0.15) is 51.5 Å². The molecule has 0 saturated carbocycles. The molecule has 21 heavy (non-hydrogen) atoms. The Morgan fingerprint density at radius 2 is 1.90 bits per heavy atom. The lowest BCUT2D eigenvalue weighted by atomic mass is 9.98. The molecular weight excluding hydrogens is 262 g/mol. The van der Waals surface area contributed by atoms with Crippen LogP contribution in [-0.4, -0.2) is 32.9 Å². The Morgan fingerprint density at radius 1 is 1.14 bits per heavy atom. The van der Waals surface area contributed by atoms with Crippen LogP contribution in [-0.2, 0) is 4.74 Å². The van der Waals surface area contributed by atoms with E-state index < -0.39 is 0 Å². The molecule has 0 saturated heterocycles. The zero-order chi connectivity index (χ0) is 15.5. The number of methoxy groups -OCH3 is 1. The molecule has 2 atom stereocenters. The van der Waals surface area contributed by atoms with Crippen molar-refractivity contribution in [1.29, 1.82) is 0 Å². The molecular formula is C18H31NO2. The molecule has 0 fully saturated rings. The second-order valence-corrected chi connectivity index (χ2v) is 5.55. The fourth-order valence-electron chi connectivity index (χ4n) is 2.27. The van der Waals surface area contributed by atoms with Gasteiger partial charge in [0.05, 0.1) is 0 Å². The zero-order valence-corrected chi connectivity index (χ0v) is 14.0. The van der Waals surface area contributed by atoms with E-state index in [1.165, 1.54) is 5.56 Å². The number of hydrogen-bond donors (Lipinski definition) is 1. The summed E-state index contributed by atoms with van der Waals surface area (Å²) in [6, 6.07) is 8.43. The Balaban J connectivity index is 2.52. The van der Waals surface area contributed by atoms with E-state index >= 15 is 0 Å². The number of benzene rings is 1. The molecule has 0 radical (unpaired) electrons. The van der Waals surface area contributed by atoms with Crippen LogP contribution in [0.15, 0.2) is 24.3 Å². The first kappa shape index (κ1) is 18.0. The van der Waals surface area contributed by atoms with E-state index in [9.17, 15) is 0 Å². The summed E-state index contributed by atoms with van der Waals surface area (Å²) in [6.45, 7) is 9.31. The van der Waals surface area contributed by atoms with Crippen LogP contribution >= 0.6 is 0 Å². The number of para-hydroxylation sites is 1. The molecule has 0 aliphatic carbocycles. The van der Waals surface area contributed by atoms with Crippen LogP contribution in [0.3, 0.4) is 0 Å². The van der Waals surface area contributed by atoms with Crippen molar-refractivity contribution < 1.29 is 9.47 Å². The Morgan fingerprint density at radius 3 is 2.57 bits per heavy atom. The van der Waals surface area contributed by atoms with E-state index in [2.05, 4.69) is 50.4 Å². The lowest BCUT2D eigenvalue weighted by Crippen LogP contribution is -2.32. The second kappa shape index (κ2) is 10.6. The first-order chi connectivity index (χ1) is 10.2. The van der Waals surface area contributed by atoms with Gasteiger partial charge in [0.2, 0.25) is 0 Å². The van der Waals surface area contributed by atoms with Crippen molar-refractivity contribution in [3.8, 4) is 5.75 Å². The van der Waals surface area contributed by atoms with E-state index in [1.54, 1.807) is 7.11 Å². The van der Waals surface area contributed by atoms with Gasteiger partial charge in [-0.3, -0.25) is 0 Å². The quantitative estimate of drug-likeness (QED) is 0.626. The number of ether oxygens (including phenoxy) is 2. The first-order valence-electron chi connectivity index (χ1n) is 8.18. The zero-order valence-electron chi connectivity index (χ0n) is 14.0. The molecule has 0 aliphatic heterocycles. The molecule has 1 N–H and O–H groups in total. The summed E-state index contributed by atoms with van der Waals surface area (Å²) in [5.74, 6) is 1.57. The summed E-state index contributed by atoms with van der Waals surface area (Å²) in [5, 5.41) is 3.45. The minimum atomic E-state index is 0.220. The topological polar surface area (TPSA) is 30.5 Å². The fraction of sp³-hybridized carbons (Fsp3) is 0.667.